The maximum atomic E-state index is 11.7. The molecule has 1 rings (SSSR count). The Labute approximate surface area is 121 Å². The van der Waals surface area contributed by atoms with Gasteiger partial charge in [-0.05, 0) is 37.0 Å². The minimum atomic E-state index is 0.0519. The molecule has 1 aromatic carbocycles. The van der Waals surface area contributed by atoms with Gasteiger partial charge in [-0.25, -0.2) is 0 Å². The number of rotatable bonds is 9. The van der Waals surface area contributed by atoms with E-state index in [0.29, 0.717) is 25.0 Å². The molecule has 1 amide bonds. The van der Waals surface area contributed by atoms with Gasteiger partial charge in [-0.3, -0.25) is 9.59 Å². The summed E-state index contributed by atoms with van der Waals surface area (Å²) in [6.45, 7) is 4.00. The Kier molecular flexibility index (Phi) is 7.63. The highest BCUT2D eigenvalue weighted by molar-refractivity contribution is 5.90. The fraction of sp³-hybridized carbons (Fsp3) is 0.529. The fourth-order valence-electron chi connectivity index (χ4n) is 2.01. The molecule has 0 unspecified atom stereocenters. The first kappa shape index (κ1) is 16.4. The van der Waals surface area contributed by atoms with Crippen LogP contribution in [-0.4, -0.2) is 11.7 Å². The van der Waals surface area contributed by atoms with E-state index in [1.165, 1.54) is 5.56 Å². The first-order valence-electron chi connectivity index (χ1n) is 7.56. The lowest BCUT2D eigenvalue weighted by molar-refractivity contribution is -0.118. The van der Waals surface area contributed by atoms with Crippen LogP contribution >= 0.6 is 0 Å². The van der Waals surface area contributed by atoms with Gasteiger partial charge >= 0.3 is 0 Å². The van der Waals surface area contributed by atoms with Crippen molar-refractivity contribution in [2.24, 2.45) is 0 Å². The van der Waals surface area contributed by atoms with Crippen LogP contribution in [0.4, 0.5) is 5.69 Å². The normalized spacial score (nSPS) is 10.3. The van der Waals surface area contributed by atoms with Crippen molar-refractivity contribution in [3.05, 3.63) is 29.8 Å². The molecule has 3 heteroatoms. The van der Waals surface area contributed by atoms with Gasteiger partial charge in [-0.2, -0.15) is 0 Å². The lowest BCUT2D eigenvalue weighted by Crippen LogP contribution is -2.11. The summed E-state index contributed by atoms with van der Waals surface area (Å²) >= 11 is 0. The van der Waals surface area contributed by atoms with Crippen LogP contribution in [0.3, 0.4) is 0 Å². The van der Waals surface area contributed by atoms with E-state index < -0.39 is 0 Å². The summed E-state index contributed by atoms with van der Waals surface area (Å²) in [7, 11) is 0. The molecule has 0 heterocycles. The van der Waals surface area contributed by atoms with Gasteiger partial charge in [0.05, 0.1) is 0 Å². The van der Waals surface area contributed by atoms with Crippen LogP contribution in [0.1, 0.15) is 57.9 Å². The molecule has 0 radical (unpaired) electrons. The van der Waals surface area contributed by atoms with Crippen molar-refractivity contribution in [1.29, 1.82) is 0 Å². The van der Waals surface area contributed by atoms with E-state index in [1.54, 1.807) is 0 Å². The quantitative estimate of drug-likeness (QED) is 0.689. The smallest absolute Gasteiger partial charge is 0.224 e. The number of carbonyl (C=O) groups is 2. The SMILES string of the molecule is CCC(=O)CCCCCC(=O)Nc1ccc(CC)cc1. The molecule has 0 atom stereocenters. The maximum absolute atomic E-state index is 11.7. The Morgan fingerprint density at radius 3 is 2.20 bits per heavy atom. The summed E-state index contributed by atoms with van der Waals surface area (Å²) in [6.07, 6.45) is 5.47. The van der Waals surface area contributed by atoms with Gasteiger partial charge in [0.15, 0.2) is 0 Å². The summed E-state index contributed by atoms with van der Waals surface area (Å²) in [5.74, 6) is 0.363. The predicted molar refractivity (Wildman–Crippen MR) is 82.8 cm³/mol. The molecule has 1 aromatic rings. The fourth-order valence-corrected chi connectivity index (χ4v) is 2.01. The Morgan fingerprint density at radius 1 is 0.950 bits per heavy atom. The zero-order valence-electron chi connectivity index (χ0n) is 12.6. The number of carbonyl (C=O) groups excluding carboxylic acids is 2. The molecule has 0 aliphatic carbocycles. The molecule has 20 heavy (non-hydrogen) atoms. The molecule has 3 nitrogen and oxygen atoms in total. The highest BCUT2D eigenvalue weighted by Gasteiger charge is 2.03. The lowest BCUT2D eigenvalue weighted by Gasteiger charge is -2.06. The van der Waals surface area contributed by atoms with E-state index >= 15 is 0 Å². The average molecular weight is 275 g/mol. The number of nitrogens with one attached hydrogen (secondary N) is 1. The second-order valence-corrected chi connectivity index (χ2v) is 5.05. The van der Waals surface area contributed by atoms with Gasteiger partial charge < -0.3 is 5.32 Å². The number of anilines is 1. The minimum absolute atomic E-state index is 0.0519. The van der Waals surface area contributed by atoms with Crippen LogP contribution < -0.4 is 5.32 Å². The number of ketones is 1. The molecule has 1 N–H and O–H groups in total. The number of hydrogen-bond donors (Lipinski definition) is 1. The van der Waals surface area contributed by atoms with E-state index in [2.05, 4.69) is 12.2 Å². The first-order chi connectivity index (χ1) is 9.65. The van der Waals surface area contributed by atoms with Crippen LogP contribution in [0.5, 0.6) is 0 Å². The van der Waals surface area contributed by atoms with Gasteiger partial charge in [-0.15, -0.1) is 0 Å². The van der Waals surface area contributed by atoms with E-state index in [0.717, 1.165) is 31.4 Å². The van der Waals surface area contributed by atoms with Crippen molar-refractivity contribution in [1.82, 2.24) is 0 Å². The molecular formula is C17H25NO2. The van der Waals surface area contributed by atoms with Crippen LogP contribution in [0, 0.1) is 0 Å². The number of unbranched alkanes of at least 4 members (excludes halogenated alkanes) is 2. The number of hydrogen-bond acceptors (Lipinski definition) is 2. The Hall–Kier alpha value is -1.64. The molecule has 0 saturated carbocycles. The highest BCUT2D eigenvalue weighted by Crippen LogP contribution is 2.11. The maximum Gasteiger partial charge on any atom is 0.224 e. The zero-order valence-corrected chi connectivity index (χ0v) is 12.6. The van der Waals surface area contributed by atoms with Crippen LogP contribution in [0.2, 0.25) is 0 Å². The van der Waals surface area contributed by atoms with E-state index in [4.69, 9.17) is 0 Å². The molecular weight excluding hydrogens is 250 g/mol. The molecule has 0 fully saturated rings. The third-order valence-electron chi connectivity index (χ3n) is 3.40. The number of benzene rings is 1. The van der Waals surface area contributed by atoms with Gasteiger partial charge in [0, 0.05) is 24.9 Å². The zero-order chi connectivity index (χ0) is 14.8. The number of Topliss-reactive ketones (excluding diaryl/α,β-unsaturated/α-hetero) is 1. The molecule has 0 spiro atoms. The molecule has 0 aliphatic heterocycles. The van der Waals surface area contributed by atoms with Gasteiger partial charge in [0.25, 0.3) is 0 Å². The number of amides is 1. The molecule has 0 aromatic heterocycles. The van der Waals surface area contributed by atoms with Gasteiger partial charge in [0.2, 0.25) is 5.91 Å². The summed E-state index contributed by atoms with van der Waals surface area (Å²) in [5.41, 5.74) is 2.12. The van der Waals surface area contributed by atoms with E-state index in [9.17, 15) is 9.59 Å². The monoisotopic (exact) mass is 275 g/mol. The second-order valence-electron chi connectivity index (χ2n) is 5.05. The van der Waals surface area contributed by atoms with Crippen molar-refractivity contribution in [2.75, 3.05) is 5.32 Å². The van der Waals surface area contributed by atoms with Crippen molar-refractivity contribution < 1.29 is 9.59 Å². The molecule has 110 valence electrons. The standard InChI is InChI=1S/C17H25NO2/c1-3-14-10-12-15(13-11-14)18-17(20)9-7-5-6-8-16(19)4-2/h10-13H,3-9H2,1-2H3,(H,18,20). The van der Waals surface area contributed by atoms with Crippen molar-refractivity contribution >= 4 is 17.4 Å². The third-order valence-corrected chi connectivity index (χ3v) is 3.40. The lowest BCUT2D eigenvalue weighted by atomic mass is 10.1. The van der Waals surface area contributed by atoms with Crippen LogP contribution in [0.15, 0.2) is 24.3 Å². The minimum Gasteiger partial charge on any atom is -0.326 e. The van der Waals surface area contributed by atoms with Crippen molar-refractivity contribution in [2.45, 2.75) is 58.8 Å². The van der Waals surface area contributed by atoms with Gasteiger partial charge in [0.1, 0.15) is 5.78 Å². The molecule has 0 saturated heterocycles. The van der Waals surface area contributed by atoms with Crippen LogP contribution in [-0.2, 0) is 16.0 Å². The number of aryl methyl sites for hydroxylation is 1. The molecule has 0 aliphatic rings. The summed E-state index contributed by atoms with van der Waals surface area (Å²) in [6, 6.07) is 7.95. The Bertz CT molecular complexity index is 423. The summed E-state index contributed by atoms with van der Waals surface area (Å²) in [4.78, 5) is 22.9. The van der Waals surface area contributed by atoms with Gasteiger partial charge in [-0.1, -0.05) is 32.4 Å². The molecule has 0 bridgehead atoms. The van der Waals surface area contributed by atoms with Crippen molar-refractivity contribution in [3.8, 4) is 0 Å². The predicted octanol–water partition coefficient (Wildman–Crippen LogP) is 4.12. The van der Waals surface area contributed by atoms with E-state index in [1.807, 2.05) is 31.2 Å². The van der Waals surface area contributed by atoms with E-state index in [-0.39, 0.29) is 5.91 Å². The Balaban J connectivity index is 2.18. The first-order valence-corrected chi connectivity index (χ1v) is 7.56. The third kappa shape index (κ3) is 6.50. The largest absolute Gasteiger partial charge is 0.326 e. The van der Waals surface area contributed by atoms with Crippen molar-refractivity contribution in [3.63, 3.8) is 0 Å². The topological polar surface area (TPSA) is 46.2 Å². The summed E-state index contributed by atoms with van der Waals surface area (Å²) in [5, 5.41) is 2.90. The highest BCUT2D eigenvalue weighted by atomic mass is 16.1. The Morgan fingerprint density at radius 2 is 1.60 bits per heavy atom. The second kappa shape index (κ2) is 9.29. The summed E-state index contributed by atoms with van der Waals surface area (Å²) < 4.78 is 0. The average Bonchev–Trinajstić information content (AvgIpc) is 2.47. The van der Waals surface area contributed by atoms with Crippen LogP contribution in [0.25, 0.3) is 0 Å².